The molecule has 6 heteroatoms. The average Bonchev–Trinajstić information content (AvgIpc) is 2.17. The zero-order valence-corrected chi connectivity index (χ0v) is 9.44. The van der Waals surface area contributed by atoms with Gasteiger partial charge in [0.2, 0.25) is 0 Å². The minimum atomic E-state index is -4.39. The first-order chi connectivity index (χ1) is 7.45. The molecule has 0 aromatic heterocycles. The van der Waals surface area contributed by atoms with E-state index in [-0.39, 0.29) is 10.9 Å². The van der Waals surface area contributed by atoms with E-state index >= 15 is 0 Å². The largest absolute Gasteiger partial charge is 0.418 e. The van der Waals surface area contributed by atoms with Gasteiger partial charge in [-0.15, -0.1) is 12.6 Å². The highest BCUT2D eigenvalue weighted by Crippen LogP contribution is 2.34. The smallest absolute Gasteiger partial charge is 0.335 e. The minimum absolute atomic E-state index is 0.0443. The van der Waals surface area contributed by atoms with Crippen LogP contribution in [0.25, 0.3) is 0 Å². The highest BCUT2D eigenvalue weighted by molar-refractivity contribution is 7.97. The average molecular weight is 248 g/mol. The first kappa shape index (κ1) is 12.9. The van der Waals surface area contributed by atoms with E-state index in [0.29, 0.717) is 6.54 Å². The molecule has 0 atom stereocenters. The maximum Gasteiger partial charge on any atom is 0.418 e. The van der Waals surface area contributed by atoms with Gasteiger partial charge in [0, 0.05) is 6.54 Å². The van der Waals surface area contributed by atoms with Gasteiger partial charge in [-0.1, -0.05) is 12.1 Å². The molecule has 16 heavy (non-hydrogen) atoms. The molecule has 0 heterocycles. The fourth-order valence-electron chi connectivity index (χ4n) is 1.15. The highest BCUT2D eigenvalue weighted by Gasteiger charge is 2.33. The predicted molar refractivity (Wildman–Crippen MR) is 62.0 cm³/mol. The van der Waals surface area contributed by atoms with Gasteiger partial charge in [0.05, 0.1) is 11.3 Å². The summed E-state index contributed by atoms with van der Waals surface area (Å²) in [5, 5.41) is 2.68. The second-order valence-electron chi connectivity index (χ2n) is 2.97. The van der Waals surface area contributed by atoms with Crippen molar-refractivity contribution in [2.75, 3.05) is 11.9 Å². The molecule has 0 aliphatic rings. The fourth-order valence-corrected chi connectivity index (χ4v) is 1.41. The fraction of sp³-hybridized carbons (Fsp3) is 0.300. The predicted octanol–water partition coefficient (Wildman–Crippen LogP) is 3.42. The zero-order valence-electron chi connectivity index (χ0n) is 8.54. The molecule has 1 aromatic carbocycles. The molecule has 0 spiro atoms. The SMILES string of the molecule is CCN=C(S)Nc1ccccc1C(F)(F)F. The molecule has 0 unspecified atom stereocenters. The second-order valence-corrected chi connectivity index (χ2v) is 3.39. The monoisotopic (exact) mass is 248 g/mol. The van der Waals surface area contributed by atoms with Crippen molar-refractivity contribution in [3.63, 3.8) is 0 Å². The molecular formula is C10H11F3N2S. The quantitative estimate of drug-likeness (QED) is 0.468. The van der Waals surface area contributed by atoms with E-state index in [1.807, 2.05) is 0 Å². The number of nitrogens with zero attached hydrogens (tertiary/aromatic N) is 1. The Kier molecular flexibility index (Phi) is 4.23. The summed E-state index contributed by atoms with van der Waals surface area (Å²) >= 11 is 3.94. The lowest BCUT2D eigenvalue weighted by molar-refractivity contribution is -0.136. The molecule has 0 fully saturated rings. The number of hydrogen-bond donors (Lipinski definition) is 2. The summed E-state index contributed by atoms with van der Waals surface area (Å²) in [4.78, 5) is 3.85. The van der Waals surface area contributed by atoms with Gasteiger partial charge >= 0.3 is 6.18 Å². The number of thiol groups is 1. The van der Waals surface area contributed by atoms with Gasteiger partial charge in [0.15, 0.2) is 5.17 Å². The molecule has 0 bridgehead atoms. The number of amidine groups is 1. The van der Waals surface area contributed by atoms with Crippen molar-refractivity contribution in [2.24, 2.45) is 4.99 Å². The Hall–Kier alpha value is -1.17. The van der Waals surface area contributed by atoms with Crippen LogP contribution in [-0.4, -0.2) is 11.7 Å². The van der Waals surface area contributed by atoms with Crippen LogP contribution in [0.1, 0.15) is 12.5 Å². The van der Waals surface area contributed by atoms with Crippen molar-refractivity contribution in [2.45, 2.75) is 13.1 Å². The molecule has 0 amide bonds. The van der Waals surface area contributed by atoms with Crippen molar-refractivity contribution in [1.29, 1.82) is 0 Å². The summed E-state index contributed by atoms with van der Waals surface area (Å²) in [5.74, 6) is 0. The zero-order chi connectivity index (χ0) is 12.2. The van der Waals surface area contributed by atoms with Crippen LogP contribution >= 0.6 is 12.6 Å². The number of nitrogens with one attached hydrogen (secondary N) is 1. The molecular weight excluding hydrogens is 237 g/mol. The van der Waals surface area contributed by atoms with Crippen LogP contribution in [0.4, 0.5) is 18.9 Å². The van der Waals surface area contributed by atoms with E-state index in [0.717, 1.165) is 6.07 Å². The maximum absolute atomic E-state index is 12.6. The van der Waals surface area contributed by atoms with E-state index in [1.165, 1.54) is 18.2 Å². The summed E-state index contributed by atoms with van der Waals surface area (Å²) in [7, 11) is 0. The van der Waals surface area contributed by atoms with Crippen molar-refractivity contribution in [3.05, 3.63) is 29.8 Å². The van der Waals surface area contributed by atoms with Gasteiger partial charge in [-0.2, -0.15) is 13.2 Å². The third-order valence-electron chi connectivity index (χ3n) is 1.79. The molecule has 0 saturated heterocycles. The number of para-hydroxylation sites is 1. The Morgan fingerprint density at radius 1 is 1.38 bits per heavy atom. The van der Waals surface area contributed by atoms with Crippen molar-refractivity contribution in [1.82, 2.24) is 0 Å². The Morgan fingerprint density at radius 2 is 2.00 bits per heavy atom. The summed E-state index contributed by atoms with van der Waals surface area (Å²) in [6.45, 7) is 2.23. The van der Waals surface area contributed by atoms with E-state index < -0.39 is 11.7 Å². The standard InChI is InChI=1S/C10H11F3N2S/c1-2-14-9(16)15-8-6-4-3-5-7(8)10(11,12)13/h3-6H,2H2,1H3,(H2,14,15,16). The summed E-state index contributed by atoms with van der Waals surface area (Å²) in [5.41, 5.74) is -0.773. The van der Waals surface area contributed by atoms with Crippen LogP contribution in [0.5, 0.6) is 0 Å². The third kappa shape index (κ3) is 3.44. The van der Waals surface area contributed by atoms with Crippen molar-refractivity contribution < 1.29 is 13.2 Å². The van der Waals surface area contributed by atoms with Gasteiger partial charge in [-0.05, 0) is 19.1 Å². The molecule has 1 N–H and O–H groups in total. The summed E-state index contributed by atoms with van der Waals surface area (Å²) < 4.78 is 37.7. The molecule has 2 nitrogen and oxygen atoms in total. The highest BCUT2D eigenvalue weighted by atomic mass is 32.1. The molecule has 1 rings (SSSR count). The number of aliphatic imine (C=N–C) groups is 1. The molecule has 88 valence electrons. The molecule has 0 radical (unpaired) electrons. The number of hydrogen-bond acceptors (Lipinski definition) is 1. The van der Waals surface area contributed by atoms with Crippen molar-refractivity contribution >= 4 is 23.5 Å². The third-order valence-corrected chi connectivity index (χ3v) is 2.04. The number of benzene rings is 1. The molecule has 0 saturated carbocycles. The Balaban J connectivity index is 3.01. The Labute approximate surface area is 97.0 Å². The van der Waals surface area contributed by atoms with Gasteiger partial charge < -0.3 is 5.32 Å². The van der Waals surface area contributed by atoms with Crippen LogP contribution in [0, 0.1) is 0 Å². The van der Waals surface area contributed by atoms with E-state index in [1.54, 1.807) is 6.92 Å². The topological polar surface area (TPSA) is 24.4 Å². The maximum atomic E-state index is 12.6. The minimum Gasteiger partial charge on any atom is -0.335 e. The molecule has 0 aliphatic heterocycles. The van der Waals surface area contributed by atoms with Crippen LogP contribution in [0.2, 0.25) is 0 Å². The summed E-state index contributed by atoms with van der Waals surface area (Å²) in [6, 6.07) is 5.20. The van der Waals surface area contributed by atoms with Crippen LogP contribution in [0.15, 0.2) is 29.3 Å². The first-order valence-corrected chi connectivity index (χ1v) is 5.06. The van der Waals surface area contributed by atoms with Gasteiger partial charge in [-0.3, -0.25) is 4.99 Å². The van der Waals surface area contributed by atoms with E-state index in [2.05, 4.69) is 22.9 Å². The lowest BCUT2D eigenvalue weighted by atomic mass is 10.2. The second kappa shape index (κ2) is 5.25. The lowest BCUT2D eigenvalue weighted by Gasteiger charge is -2.13. The summed E-state index contributed by atoms with van der Waals surface area (Å²) in [6.07, 6.45) is -4.39. The Morgan fingerprint density at radius 3 is 2.56 bits per heavy atom. The number of rotatable bonds is 2. The van der Waals surface area contributed by atoms with Crippen LogP contribution < -0.4 is 5.32 Å². The van der Waals surface area contributed by atoms with E-state index in [4.69, 9.17) is 0 Å². The normalized spacial score (nSPS) is 12.7. The van der Waals surface area contributed by atoms with Gasteiger partial charge in [-0.25, -0.2) is 0 Å². The molecule has 0 aliphatic carbocycles. The van der Waals surface area contributed by atoms with Gasteiger partial charge in [0.1, 0.15) is 0 Å². The van der Waals surface area contributed by atoms with Gasteiger partial charge in [0.25, 0.3) is 0 Å². The number of halogens is 3. The van der Waals surface area contributed by atoms with Crippen LogP contribution in [0.3, 0.4) is 0 Å². The molecule has 1 aromatic rings. The first-order valence-electron chi connectivity index (χ1n) is 4.61. The Bertz CT molecular complexity index is 388. The van der Waals surface area contributed by atoms with Crippen molar-refractivity contribution in [3.8, 4) is 0 Å². The lowest BCUT2D eigenvalue weighted by Crippen LogP contribution is -2.13. The van der Waals surface area contributed by atoms with E-state index in [9.17, 15) is 13.2 Å². The van der Waals surface area contributed by atoms with Crippen LogP contribution in [-0.2, 0) is 6.18 Å². The number of alkyl halides is 3. The number of anilines is 1.